The van der Waals surface area contributed by atoms with Crippen molar-refractivity contribution >= 4 is 11.6 Å². The molecule has 0 atom stereocenters. The van der Waals surface area contributed by atoms with E-state index in [1.54, 1.807) is 0 Å². The van der Waals surface area contributed by atoms with Crippen molar-refractivity contribution in [1.29, 1.82) is 0 Å². The fourth-order valence-corrected chi connectivity index (χ4v) is 0.915. The van der Waals surface area contributed by atoms with Crippen LogP contribution >= 0.6 is 0 Å². The van der Waals surface area contributed by atoms with Crippen LogP contribution in [-0.2, 0) is 4.79 Å². The minimum atomic E-state index is -1.04. The number of phenols is 2. The Labute approximate surface area is 78.6 Å². The first-order valence-corrected chi connectivity index (χ1v) is 3.70. The maximum atomic E-state index is 13.0. The van der Waals surface area contributed by atoms with Gasteiger partial charge in [0, 0.05) is 13.0 Å². The first-order chi connectivity index (χ1) is 6.43. The Morgan fingerprint density at radius 1 is 1.21 bits per heavy atom. The second-order valence-corrected chi connectivity index (χ2v) is 2.71. The highest BCUT2D eigenvalue weighted by Crippen LogP contribution is 2.27. The van der Waals surface area contributed by atoms with Crippen LogP contribution in [0.1, 0.15) is 17.3 Å². The number of carbonyl (C=O) groups is 2. The minimum Gasteiger partial charge on any atom is -0.504 e. The van der Waals surface area contributed by atoms with E-state index in [9.17, 15) is 14.0 Å². The largest absolute Gasteiger partial charge is 0.504 e. The van der Waals surface area contributed by atoms with Crippen LogP contribution in [0.25, 0.3) is 0 Å². The number of Topliss-reactive ketones (excluding diaryl/α,β-unsaturated/α-hetero) is 2. The Kier molecular flexibility index (Phi) is 2.51. The lowest BCUT2D eigenvalue weighted by Gasteiger charge is -2.02. The molecule has 74 valence electrons. The molecule has 0 aliphatic carbocycles. The molecule has 2 N–H and O–H groups in total. The summed E-state index contributed by atoms with van der Waals surface area (Å²) in [6, 6.07) is 1.29. The van der Waals surface area contributed by atoms with Crippen molar-refractivity contribution in [2.24, 2.45) is 0 Å². The molecule has 0 aliphatic heterocycles. The third-order valence-electron chi connectivity index (χ3n) is 1.63. The van der Waals surface area contributed by atoms with Gasteiger partial charge in [0.05, 0.1) is 5.56 Å². The van der Waals surface area contributed by atoms with Crippen molar-refractivity contribution in [2.75, 3.05) is 0 Å². The Morgan fingerprint density at radius 3 is 2.21 bits per heavy atom. The van der Waals surface area contributed by atoms with Crippen LogP contribution in [0.15, 0.2) is 12.1 Å². The number of benzene rings is 1. The molecule has 0 aliphatic rings. The molecule has 0 fully saturated rings. The average molecular weight is 198 g/mol. The molecule has 0 aromatic heterocycles. The van der Waals surface area contributed by atoms with E-state index in [1.165, 1.54) is 0 Å². The van der Waals surface area contributed by atoms with Crippen LogP contribution in [-0.4, -0.2) is 21.8 Å². The Hall–Kier alpha value is -1.91. The summed E-state index contributed by atoms with van der Waals surface area (Å²) >= 11 is 0. The van der Waals surface area contributed by atoms with Gasteiger partial charge in [-0.2, -0.15) is 0 Å². The molecule has 0 bridgehead atoms. The van der Waals surface area contributed by atoms with Crippen molar-refractivity contribution in [2.45, 2.75) is 6.92 Å². The van der Waals surface area contributed by atoms with E-state index in [-0.39, 0.29) is 0 Å². The van der Waals surface area contributed by atoms with E-state index in [4.69, 9.17) is 10.2 Å². The van der Waals surface area contributed by atoms with Crippen LogP contribution < -0.4 is 0 Å². The fraction of sp³-hybridized carbons (Fsp3) is 0.111. The summed E-state index contributed by atoms with van der Waals surface area (Å²) in [5.74, 6) is -4.24. The fourth-order valence-electron chi connectivity index (χ4n) is 0.915. The number of halogens is 1. The molecule has 0 saturated heterocycles. The second-order valence-electron chi connectivity index (χ2n) is 2.71. The van der Waals surface area contributed by atoms with Gasteiger partial charge in [0.1, 0.15) is 5.82 Å². The van der Waals surface area contributed by atoms with Gasteiger partial charge in [0.15, 0.2) is 17.3 Å². The van der Waals surface area contributed by atoms with Crippen LogP contribution in [0.4, 0.5) is 4.39 Å². The summed E-state index contributed by atoms with van der Waals surface area (Å²) in [4.78, 5) is 21.7. The number of carbonyl (C=O) groups excluding carboxylic acids is 2. The molecular weight excluding hydrogens is 191 g/mol. The van der Waals surface area contributed by atoms with Gasteiger partial charge in [-0.25, -0.2) is 4.39 Å². The average Bonchev–Trinajstić information content (AvgIpc) is 2.10. The van der Waals surface area contributed by atoms with Crippen molar-refractivity contribution in [3.8, 4) is 11.5 Å². The maximum absolute atomic E-state index is 13.0. The van der Waals surface area contributed by atoms with E-state index in [0.717, 1.165) is 6.92 Å². The highest BCUT2D eigenvalue weighted by atomic mass is 19.1. The molecule has 4 nitrogen and oxygen atoms in total. The smallest absolute Gasteiger partial charge is 0.231 e. The maximum Gasteiger partial charge on any atom is 0.231 e. The summed E-state index contributed by atoms with van der Waals surface area (Å²) in [7, 11) is 0. The molecule has 14 heavy (non-hydrogen) atoms. The van der Waals surface area contributed by atoms with Gasteiger partial charge in [-0.05, 0) is 6.07 Å². The van der Waals surface area contributed by atoms with Crippen LogP contribution in [0.5, 0.6) is 11.5 Å². The molecule has 1 rings (SSSR count). The first kappa shape index (κ1) is 10.2. The van der Waals surface area contributed by atoms with Gasteiger partial charge in [-0.15, -0.1) is 0 Å². The number of ketones is 2. The first-order valence-electron chi connectivity index (χ1n) is 3.70. The lowest BCUT2D eigenvalue weighted by atomic mass is 10.1. The lowest BCUT2D eigenvalue weighted by Crippen LogP contribution is -2.11. The van der Waals surface area contributed by atoms with Gasteiger partial charge in [0.25, 0.3) is 0 Å². The molecule has 1 aromatic rings. The van der Waals surface area contributed by atoms with E-state index in [1.807, 2.05) is 0 Å². The number of hydrogen-bond donors (Lipinski definition) is 2. The van der Waals surface area contributed by atoms with E-state index in [0.29, 0.717) is 12.1 Å². The minimum absolute atomic E-state index is 0.548. The summed E-state index contributed by atoms with van der Waals surface area (Å²) in [6.45, 7) is 0.992. The number of phenolic OH excluding ortho intramolecular Hbond substituents is 2. The van der Waals surface area contributed by atoms with Crippen molar-refractivity contribution in [3.05, 3.63) is 23.5 Å². The summed E-state index contributed by atoms with van der Waals surface area (Å²) < 4.78 is 13.0. The van der Waals surface area contributed by atoms with Crippen LogP contribution in [0.2, 0.25) is 0 Å². The SMILES string of the molecule is CC(=O)C(=O)c1cc(O)c(O)cc1F. The number of aromatic hydroxyl groups is 2. The highest BCUT2D eigenvalue weighted by molar-refractivity contribution is 6.43. The summed E-state index contributed by atoms with van der Waals surface area (Å²) in [6.07, 6.45) is 0. The van der Waals surface area contributed by atoms with Gasteiger partial charge in [0.2, 0.25) is 5.78 Å². The number of rotatable bonds is 2. The molecule has 0 heterocycles. The predicted octanol–water partition coefficient (Wildman–Crippen LogP) is 1.01. The molecule has 0 unspecified atom stereocenters. The standard InChI is InChI=1S/C9H7FO4/c1-4(11)9(14)5-2-7(12)8(13)3-6(5)10/h2-3,12-13H,1H3. The number of hydrogen-bond acceptors (Lipinski definition) is 4. The van der Waals surface area contributed by atoms with E-state index < -0.39 is 34.4 Å². The van der Waals surface area contributed by atoms with E-state index >= 15 is 0 Å². The van der Waals surface area contributed by atoms with Crippen LogP contribution in [0.3, 0.4) is 0 Å². The van der Waals surface area contributed by atoms with Crippen molar-refractivity contribution in [1.82, 2.24) is 0 Å². The Morgan fingerprint density at radius 2 is 1.71 bits per heavy atom. The second kappa shape index (κ2) is 3.45. The zero-order chi connectivity index (χ0) is 10.9. The highest BCUT2D eigenvalue weighted by Gasteiger charge is 2.18. The van der Waals surface area contributed by atoms with Crippen LogP contribution in [0, 0.1) is 5.82 Å². The molecule has 5 heteroatoms. The zero-order valence-corrected chi connectivity index (χ0v) is 7.24. The third kappa shape index (κ3) is 1.71. The topological polar surface area (TPSA) is 74.6 Å². The molecule has 1 aromatic carbocycles. The summed E-state index contributed by atoms with van der Waals surface area (Å²) in [5, 5.41) is 17.8. The molecular formula is C9H7FO4. The lowest BCUT2D eigenvalue weighted by molar-refractivity contribution is -0.113. The normalized spacial score (nSPS) is 9.86. The van der Waals surface area contributed by atoms with Crippen molar-refractivity contribution in [3.63, 3.8) is 0 Å². The van der Waals surface area contributed by atoms with Crippen molar-refractivity contribution < 1.29 is 24.2 Å². The predicted molar refractivity (Wildman–Crippen MR) is 44.7 cm³/mol. The summed E-state index contributed by atoms with van der Waals surface area (Å²) in [5.41, 5.74) is -0.548. The monoisotopic (exact) mass is 198 g/mol. The quantitative estimate of drug-likeness (QED) is 0.422. The molecule has 0 radical (unpaired) electrons. The Bertz CT molecular complexity index is 412. The Balaban J connectivity index is 3.29. The molecule has 0 saturated carbocycles. The van der Waals surface area contributed by atoms with E-state index in [2.05, 4.69) is 0 Å². The van der Waals surface area contributed by atoms with Gasteiger partial charge in [-0.3, -0.25) is 9.59 Å². The van der Waals surface area contributed by atoms with Gasteiger partial charge < -0.3 is 10.2 Å². The zero-order valence-electron chi connectivity index (χ0n) is 7.24. The third-order valence-corrected chi connectivity index (χ3v) is 1.63. The van der Waals surface area contributed by atoms with Gasteiger partial charge in [-0.1, -0.05) is 0 Å². The van der Waals surface area contributed by atoms with Gasteiger partial charge >= 0.3 is 0 Å². The molecule has 0 spiro atoms. The molecule has 0 amide bonds.